The van der Waals surface area contributed by atoms with Crippen LogP contribution >= 0.6 is 0 Å². The van der Waals surface area contributed by atoms with E-state index < -0.39 is 61.6 Å². The molecule has 14 heteroatoms. The second-order valence-electron chi connectivity index (χ2n) is 5.67. The first-order chi connectivity index (χ1) is 13.1. The summed E-state index contributed by atoms with van der Waals surface area (Å²) in [6, 6.07) is 0.650. The first kappa shape index (κ1) is 21.7. The van der Waals surface area contributed by atoms with Gasteiger partial charge in [0.2, 0.25) is 5.41 Å². The number of aromatic hydroxyl groups is 2. The molecule has 2 N–H and O–H groups in total. The average molecular weight is 426 g/mol. The van der Waals surface area contributed by atoms with Crippen molar-refractivity contribution in [1.29, 1.82) is 0 Å². The predicted molar refractivity (Wildman–Crippen MR) is 82.4 cm³/mol. The molecule has 0 saturated heterocycles. The number of hydrogen-bond acceptors (Lipinski definition) is 6. The van der Waals surface area contributed by atoms with Crippen molar-refractivity contribution >= 4 is 11.4 Å². The first-order valence-corrected chi connectivity index (χ1v) is 7.23. The van der Waals surface area contributed by atoms with Gasteiger partial charge in [0.1, 0.15) is 0 Å². The number of phenols is 2. The van der Waals surface area contributed by atoms with Gasteiger partial charge in [0.15, 0.2) is 11.5 Å². The van der Waals surface area contributed by atoms with Gasteiger partial charge in [0.25, 0.3) is 0 Å². The summed E-state index contributed by atoms with van der Waals surface area (Å²) in [4.78, 5) is 19.0. The minimum Gasteiger partial charge on any atom is -0.502 e. The molecular weight excluding hydrogens is 418 g/mol. The Kier molecular flexibility index (Phi) is 5.08. The molecule has 2 aromatic carbocycles. The Hall–Kier alpha value is -3.58. The zero-order valence-corrected chi connectivity index (χ0v) is 13.7. The maximum absolute atomic E-state index is 13.9. The maximum Gasteiger partial charge on any atom is 0.411 e. The highest BCUT2D eigenvalue weighted by Gasteiger charge is 2.73. The zero-order valence-electron chi connectivity index (χ0n) is 13.7. The van der Waals surface area contributed by atoms with Gasteiger partial charge in [-0.05, 0) is 23.3 Å². The number of halogens is 6. The fourth-order valence-electron chi connectivity index (χ4n) is 2.79. The van der Waals surface area contributed by atoms with Gasteiger partial charge in [-0.3, -0.25) is 20.2 Å². The number of phenolic OH excluding ortho intramolecular Hbond substituents is 2. The van der Waals surface area contributed by atoms with Gasteiger partial charge in [-0.2, -0.15) is 26.3 Å². The molecule has 8 nitrogen and oxygen atoms in total. The van der Waals surface area contributed by atoms with E-state index in [1.807, 2.05) is 0 Å². The lowest BCUT2D eigenvalue weighted by atomic mass is 9.72. The fraction of sp³-hybridized carbons (Fsp3) is 0.200. The van der Waals surface area contributed by atoms with Crippen LogP contribution in [0.25, 0.3) is 0 Å². The summed E-state index contributed by atoms with van der Waals surface area (Å²) in [5.41, 5.74) is -11.2. The van der Waals surface area contributed by atoms with Crippen LogP contribution in [-0.2, 0) is 5.41 Å². The molecule has 0 atom stereocenters. The van der Waals surface area contributed by atoms with Crippen LogP contribution in [0.4, 0.5) is 37.7 Å². The average Bonchev–Trinajstić information content (AvgIpc) is 2.55. The van der Waals surface area contributed by atoms with Crippen molar-refractivity contribution < 1.29 is 46.4 Å². The molecule has 0 aliphatic rings. The molecule has 0 fully saturated rings. The van der Waals surface area contributed by atoms with Gasteiger partial charge < -0.3 is 10.2 Å². The summed E-state index contributed by atoms with van der Waals surface area (Å²) < 4.78 is 83.5. The molecule has 2 aromatic rings. The van der Waals surface area contributed by atoms with E-state index in [1.165, 1.54) is 0 Å². The summed E-state index contributed by atoms with van der Waals surface area (Å²) in [6.07, 6.45) is -12.4. The normalized spacial score (nSPS) is 12.6. The van der Waals surface area contributed by atoms with Gasteiger partial charge in [-0.15, -0.1) is 0 Å². The highest BCUT2D eigenvalue weighted by Crippen LogP contribution is 2.57. The second kappa shape index (κ2) is 6.79. The standard InChI is InChI=1S/C15H8F6N2O6/c16-14(17,18)13(15(19,20)21,7-1-3-11(24)9(5-7)22(26)27)8-2-4-12(25)10(6-8)23(28)29/h1-6,24-25H. The number of nitro benzene ring substituents is 2. The van der Waals surface area contributed by atoms with Crippen molar-refractivity contribution in [3.63, 3.8) is 0 Å². The van der Waals surface area contributed by atoms with Gasteiger partial charge in [0.05, 0.1) is 9.85 Å². The lowest BCUT2D eigenvalue weighted by Crippen LogP contribution is -2.54. The molecule has 0 aliphatic heterocycles. The van der Waals surface area contributed by atoms with Crippen LogP contribution in [0.15, 0.2) is 36.4 Å². The fourth-order valence-corrected chi connectivity index (χ4v) is 2.79. The molecule has 0 heterocycles. The minimum absolute atomic E-state index is 0.116. The quantitative estimate of drug-likeness (QED) is 0.426. The van der Waals surface area contributed by atoms with E-state index >= 15 is 0 Å². The smallest absolute Gasteiger partial charge is 0.411 e. The minimum atomic E-state index is -6.18. The highest BCUT2D eigenvalue weighted by molar-refractivity contribution is 5.57. The van der Waals surface area contributed by atoms with E-state index in [2.05, 4.69) is 0 Å². The van der Waals surface area contributed by atoms with Crippen LogP contribution < -0.4 is 0 Å². The maximum atomic E-state index is 13.9. The van der Waals surface area contributed by atoms with Gasteiger partial charge in [-0.25, -0.2) is 0 Å². The molecule has 156 valence electrons. The summed E-state index contributed by atoms with van der Waals surface area (Å²) in [5.74, 6) is -2.37. The lowest BCUT2D eigenvalue weighted by Gasteiger charge is -2.38. The van der Waals surface area contributed by atoms with E-state index in [0.29, 0.717) is 0 Å². The third kappa shape index (κ3) is 3.36. The number of alkyl halides is 6. The summed E-state index contributed by atoms with van der Waals surface area (Å²) in [6.45, 7) is 0. The van der Waals surface area contributed by atoms with Crippen molar-refractivity contribution in [1.82, 2.24) is 0 Å². The lowest BCUT2D eigenvalue weighted by molar-refractivity contribution is -0.386. The Morgan fingerprint density at radius 1 is 0.690 bits per heavy atom. The van der Waals surface area contributed by atoms with Crippen molar-refractivity contribution in [3.05, 3.63) is 67.8 Å². The Morgan fingerprint density at radius 3 is 1.24 bits per heavy atom. The van der Waals surface area contributed by atoms with E-state index in [1.54, 1.807) is 0 Å². The van der Waals surface area contributed by atoms with Crippen molar-refractivity contribution in [2.45, 2.75) is 17.8 Å². The molecule has 0 unspecified atom stereocenters. The number of hydrogen-bond donors (Lipinski definition) is 2. The molecule has 0 aliphatic carbocycles. The molecule has 0 amide bonds. The van der Waals surface area contributed by atoms with E-state index in [0.717, 1.165) is 0 Å². The molecule has 2 rings (SSSR count). The van der Waals surface area contributed by atoms with Crippen LogP contribution in [0.5, 0.6) is 11.5 Å². The highest BCUT2D eigenvalue weighted by atomic mass is 19.4. The Bertz CT molecular complexity index is 909. The van der Waals surface area contributed by atoms with Crippen molar-refractivity contribution in [3.8, 4) is 11.5 Å². The summed E-state index contributed by atoms with van der Waals surface area (Å²) in [5, 5.41) is 40.5. The van der Waals surface area contributed by atoms with Crippen LogP contribution in [0.2, 0.25) is 0 Å². The van der Waals surface area contributed by atoms with E-state index in [4.69, 9.17) is 0 Å². The van der Waals surface area contributed by atoms with Gasteiger partial charge in [-0.1, -0.05) is 12.1 Å². The van der Waals surface area contributed by atoms with Crippen LogP contribution in [0.3, 0.4) is 0 Å². The third-order valence-corrected chi connectivity index (χ3v) is 4.06. The molecule has 0 radical (unpaired) electrons. The Balaban J connectivity index is 3.04. The van der Waals surface area contributed by atoms with Crippen molar-refractivity contribution in [2.75, 3.05) is 0 Å². The van der Waals surface area contributed by atoms with Crippen molar-refractivity contribution in [2.24, 2.45) is 0 Å². The van der Waals surface area contributed by atoms with Gasteiger partial charge in [0, 0.05) is 12.1 Å². The van der Waals surface area contributed by atoms with Crippen LogP contribution in [0.1, 0.15) is 11.1 Å². The number of nitro groups is 2. The molecule has 0 saturated carbocycles. The largest absolute Gasteiger partial charge is 0.502 e. The molecule has 0 aromatic heterocycles. The number of nitrogens with zero attached hydrogens (tertiary/aromatic N) is 2. The number of rotatable bonds is 4. The first-order valence-electron chi connectivity index (χ1n) is 7.23. The monoisotopic (exact) mass is 426 g/mol. The Labute approximate surface area is 155 Å². The predicted octanol–water partition coefficient (Wildman–Crippen LogP) is 4.32. The van der Waals surface area contributed by atoms with Gasteiger partial charge >= 0.3 is 23.7 Å². The summed E-state index contributed by atoms with van der Waals surface area (Å²) >= 11 is 0. The van der Waals surface area contributed by atoms with Crippen LogP contribution in [0, 0.1) is 20.2 Å². The second-order valence-corrected chi connectivity index (χ2v) is 5.67. The zero-order chi connectivity index (χ0) is 22.4. The molecular formula is C15H8F6N2O6. The Morgan fingerprint density at radius 2 is 1.00 bits per heavy atom. The molecule has 0 spiro atoms. The van der Waals surface area contributed by atoms with Crippen LogP contribution in [-0.4, -0.2) is 32.4 Å². The third-order valence-electron chi connectivity index (χ3n) is 4.06. The molecule has 29 heavy (non-hydrogen) atoms. The summed E-state index contributed by atoms with van der Waals surface area (Å²) in [7, 11) is 0. The van der Waals surface area contributed by atoms with E-state index in [-0.39, 0.29) is 36.4 Å². The van der Waals surface area contributed by atoms with E-state index in [9.17, 15) is 56.8 Å². The SMILES string of the molecule is O=[N+]([O-])c1cc(C(c2ccc(O)c([N+](=O)[O-])c2)(C(F)(F)F)C(F)(F)F)ccc1O. The molecule has 0 bridgehead atoms. The number of benzene rings is 2. The topological polar surface area (TPSA) is 127 Å².